The van der Waals surface area contributed by atoms with E-state index >= 15 is 0 Å². The number of benzene rings is 2. The number of carbonyl (C=O) groups excluding carboxylic acids is 1. The minimum absolute atomic E-state index is 0.0119. The van der Waals surface area contributed by atoms with E-state index in [2.05, 4.69) is 15.9 Å². The summed E-state index contributed by atoms with van der Waals surface area (Å²) in [6.45, 7) is 1.20. The number of hydrogen-bond acceptors (Lipinski definition) is 6. The van der Waals surface area contributed by atoms with Crippen molar-refractivity contribution < 1.29 is 19.0 Å². The molecule has 1 fully saturated rings. The van der Waals surface area contributed by atoms with E-state index in [9.17, 15) is 4.79 Å². The molecule has 1 aliphatic rings. The van der Waals surface area contributed by atoms with Crippen molar-refractivity contribution in [1.82, 2.24) is 4.98 Å². The fraction of sp³-hybridized carbons (Fsp3) is 0.333. The van der Waals surface area contributed by atoms with Gasteiger partial charge in [0.2, 0.25) is 0 Å². The molecule has 2 heterocycles. The molecule has 1 unspecified atom stereocenters. The van der Waals surface area contributed by atoms with E-state index in [-0.39, 0.29) is 12.0 Å². The second-order valence-corrected chi connectivity index (χ2v) is 8.65. The first-order valence-corrected chi connectivity index (χ1v) is 10.9. The lowest BCUT2D eigenvalue weighted by Crippen LogP contribution is -2.37. The van der Waals surface area contributed by atoms with Crippen LogP contribution in [0.4, 0.5) is 5.13 Å². The number of amides is 1. The van der Waals surface area contributed by atoms with Crippen LogP contribution in [-0.4, -0.2) is 44.4 Å². The van der Waals surface area contributed by atoms with Gasteiger partial charge in [-0.3, -0.25) is 9.69 Å². The molecule has 152 valence electrons. The Morgan fingerprint density at radius 1 is 1.24 bits per heavy atom. The largest absolute Gasteiger partial charge is 0.493 e. The summed E-state index contributed by atoms with van der Waals surface area (Å²) in [5.41, 5.74) is 1.38. The molecule has 0 N–H and O–H groups in total. The first kappa shape index (κ1) is 20.1. The van der Waals surface area contributed by atoms with Gasteiger partial charge in [-0.2, -0.15) is 0 Å². The van der Waals surface area contributed by atoms with Gasteiger partial charge in [0.05, 0.1) is 37.1 Å². The molecule has 6 nitrogen and oxygen atoms in total. The van der Waals surface area contributed by atoms with Gasteiger partial charge in [0, 0.05) is 16.6 Å². The second-order valence-electron chi connectivity index (χ2n) is 6.73. The molecule has 1 saturated heterocycles. The Labute approximate surface area is 181 Å². The normalized spacial score (nSPS) is 16.2. The van der Waals surface area contributed by atoms with Crippen LogP contribution in [-0.2, 0) is 4.74 Å². The Hall–Kier alpha value is -2.16. The van der Waals surface area contributed by atoms with Gasteiger partial charge in [0.25, 0.3) is 5.91 Å². The van der Waals surface area contributed by atoms with Crippen molar-refractivity contribution in [1.29, 1.82) is 0 Å². The van der Waals surface area contributed by atoms with Gasteiger partial charge >= 0.3 is 0 Å². The summed E-state index contributed by atoms with van der Waals surface area (Å²) in [6, 6.07) is 11.1. The number of hydrogen-bond donors (Lipinski definition) is 0. The number of nitrogens with zero attached hydrogens (tertiary/aromatic N) is 2. The number of thiazole rings is 1. The number of fused-ring (bicyclic) bond motifs is 1. The fourth-order valence-electron chi connectivity index (χ4n) is 3.37. The Balaban J connectivity index is 1.71. The smallest absolute Gasteiger partial charge is 0.260 e. The molecule has 0 radical (unpaired) electrons. The molecular weight excluding hydrogens is 456 g/mol. The van der Waals surface area contributed by atoms with Crippen molar-refractivity contribution in [3.8, 4) is 11.5 Å². The van der Waals surface area contributed by atoms with Crippen LogP contribution < -0.4 is 14.4 Å². The average Bonchev–Trinajstić information content (AvgIpc) is 3.40. The monoisotopic (exact) mass is 476 g/mol. The van der Waals surface area contributed by atoms with Crippen molar-refractivity contribution in [2.75, 3.05) is 32.3 Å². The zero-order chi connectivity index (χ0) is 20.4. The van der Waals surface area contributed by atoms with Crippen LogP contribution in [0.25, 0.3) is 10.2 Å². The van der Waals surface area contributed by atoms with Gasteiger partial charge in [0.15, 0.2) is 16.6 Å². The number of aromatic nitrogens is 1. The van der Waals surface area contributed by atoms with Gasteiger partial charge in [-0.25, -0.2) is 4.98 Å². The van der Waals surface area contributed by atoms with Gasteiger partial charge < -0.3 is 14.2 Å². The van der Waals surface area contributed by atoms with Crippen molar-refractivity contribution in [3.63, 3.8) is 0 Å². The summed E-state index contributed by atoms with van der Waals surface area (Å²) in [5, 5.41) is 0.661. The van der Waals surface area contributed by atoms with Crippen LogP contribution in [0, 0.1) is 0 Å². The Kier molecular flexibility index (Phi) is 6.03. The van der Waals surface area contributed by atoms with Gasteiger partial charge in [-0.15, -0.1) is 0 Å². The van der Waals surface area contributed by atoms with Crippen LogP contribution in [0.3, 0.4) is 0 Å². The van der Waals surface area contributed by atoms with Crippen molar-refractivity contribution in [3.05, 3.63) is 46.4 Å². The molecule has 29 heavy (non-hydrogen) atoms. The zero-order valence-electron chi connectivity index (χ0n) is 16.2. The minimum atomic E-state index is -0.139. The van der Waals surface area contributed by atoms with Gasteiger partial charge in [-0.05, 0) is 49.2 Å². The van der Waals surface area contributed by atoms with E-state index in [1.165, 1.54) is 11.3 Å². The highest BCUT2D eigenvalue weighted by molar-refractivity contribution is 9.10. The molecule has 3 aromatic rings. The van der Waals surface area contributed by atoms with E-state index in [0.29, 0.717) is 28.7 Å². The predicted molar refractivity (Wildman–Crippen MR) is 118 cm³/mol. The number of halogens is 1. The lowest BCUT2D eigenvalue weighted by molar-refractivity contribution is 0.0917. The molecule has 0 aliphatic carbocycles. The molecule has 8 heteroatoms. The SMILES string of the molecule is COc1ccc(C(=O)N(CC2CCCO2)c2nc3ccc(Br)cc3s2)cc1OC. The lowest BCUT2D eigenvalue weighted by Gasteiger charge is -2.23. The Morgan fingerprint density at radius 2 is 2.07 bits per heavy atom. The first-order valence-electron chi connectivity index (χ1n) is 9.30. The van der Waals surface area contributed by atoms with Crippen LogP contribution in [0.2, 0.25) is 0 Å². The van der Waals surface area contributed by atoms with Crippen LogP contribution in [0.1, 0.15) is 23.2 Å². The van der Waals surface area contributed by atoms with Crippen molar-refractivity contribution in [2.45, 2.75) is 18.9 Å². The third kappa shape index (κ3) is 4.24. The summed E-state index contributed by atoms with van der Waals surface area (Å²) in [7, 11) is 3.13. The molecule has 2 aromatic carbocycles. The van der Waals surface area contributed by atoms with Gasteiger partial charge in [0.1, 0.15) is 0 Å². The molecule has 4 rings (SSSR count). The summed E-state index contributed by atoms with van der Waals surface area (Å²) >= 11 is 4.99. The Bertz CT molecular complexity index is 1030. The van der Waals surface area contributed by atoms with Crippen LogP contribution >= 0.6 is 27.3 Å². The zero-order valence-corrected chi connectivity index (χ0v) is 18.6. The van der Waals surface area contributed by atoms with Crippen molar-refractivity contribution in [2.24, 2.45) is 0 Å². The maximum Gasteiger partial charge on any atom is 0.260 e. The highest BCUT2D eigenvalue weighted by Gasteiger charge is 2.27. The van der Waals surface area contributed by atoms with E-state index in [1.807, 2.05) is 18.2 Å². The van der Waals surface area contributed by atoms with E-state index < -0.39 is 0 Å². The molecule has 0 bridgehead atoms. The number of rotatable bonds is 6. The lowest BCUT2D eigenvalue weighted by atomic mass is 10.1. The molecule has 0 spiro atoms. The maximum absolute atomic E-state index is 13.5. The summed E-state index contributed by atoms with van der Waals surface area (Å²) in [5.74, 6) is 0.961. The third-order valence-electron chi connectivity index (χ3n) is 4.86. The number of ether oxygens (including phenoxy) is 3. The minimum Gasteiger partial charge on any atom is -0.493 e. The van der Waals surface area contributed by atoms with Crippen LogP contribution in [0.15, 0.2) is 40.9 Å². The first-order chi connectivity index (χ1) is 14.1. The molecule has 1 amide bonds. The highest BCUT2D eigenvalue weighted by atomic mass is 79.9. The predicted octanol–water partition coefficient (Wildman–Crippen LogP) is 4.90. The molecule has 1 aliphatic heterocycles. The quantitative estimate of drug-likeness (QED) is 0.506. The topological polar surface area (TPSA) is 60.9 Å². The average molecular weight is 477 g/mol. The Morgan fingerprint density at radius 3 is 2.79 bits per heavy atom. The number of carbonyl (C=O) groups is 1. The molecule has 1 aromatic heterocycles. The van der Waals surface area contributed by atoms with E-state index in [1.54, 1.807) is 37.3 Å². The number of anilines is 1. The van der Waals surface area contributed by atoms with Gasteiger partial charge in [-0.1, -0.05) is 27.3 Å². The molecular formula is C21H21BrN2O4S. The third-order valence-corrected chi connectivity index (χ3v) is 6.39. The maximum atomic E-state index is 13.5. The fourth-order valence-corrected chi connectivity index (χ4v) is 4.89. The standard InChI is InChI=1S/C21H21BrN2O4S/c1-26-17-8-5-13(10-18(17)27-2)20(25)24(12-15-4-3-9-28-15)21-23-16-7-6-14(22)11-19(16)29-21/h5-8,10-11,15H,3-4,9,12H2,1-2H3. The van der Waals surface area contributed by atoms with E-state index in [0.717, 1.165) is 34.1 Å². The summed E-state index contributed by atoms with van der Waals surface area (Å²) in [6.07, 6.45) is 1.96. The highest BCUT2D eigenvalue weighted by Crippen LogP contribution is 2.34. The molecule has 1 atom stereocenters. The summed E-state index contributed by atoms with van der Waals surface area (Å²) < 4.78 is 18.5. The van der Waals surface area contributed by atoms with Crippen molar-refractivity contribution >= 4 is 48.5 Å². The van der Waals surface area contributed by atoms with Crippen LogP contribution in [0.5, 0.6) is 11.5 Å². The summed E-state index contributed by atoms with van der Waals surface area (Å²) in [4.78, 5) is 19.9. The second kappa shape index (κ2) is 8.69. The molecule has 0 saturated carbocycles. The van der Waals surface area contributed by atoms with E-state index in [4.69, 9.17) is 19.2 Å². The number of methoxy groups -OCH3 is 2.